The first-order valence-corrected chi connectivity index (χ1v) is 7.58. The molecule has 7 heteroatoms. The molecule has 0 spiro atoms. The van der Waals surface area contributed by atoms with Crippen LogP contribution in [-0.2, 0) is 9.59 Å². The SMILES string of the molecule is CCC(CO)NC(=O)C(=O)Nc1ccc(Cl)cc1-n1cccc1. The fourth-order valence-electron chi connectivity index (χ4n) is 2.03. The second kappa shape index (κ2) is 7.80. The lowest BCUT2D eigenvalue weighted by Crippen LogP contribution is -2.43. The zero-order valence-electron chi connectivity index (χ0n) is 12.6. The average Bonchev–Trinajstić information content (AvgIpc) is 3.08. The van der Waals surface area contributed by atoms with Crippen molar-refractivity contribution >= 4 is 29.1 Å². The zero-order chi connectivity index (χ0) is 16.8. The first-order chi connectivity index (χ1) is 11.0. The second-order valence-corrected chi connectivity index (χ2v) is 5.40. The maximum absolute atomic E-state index is 12.0. The van der Waals surface area contributed by atoms with Crippen LogP contribution in [0.15, 0.2) is 42.7 Å². The maximum atomic E-state index is 12.0. The Morgan fingerprint density at radius 2 is 1.96 bits per heavy atom. The smallest absolute Gasteiger partial charge is 0.313 e. The number of nitrogens with zero attached hydrogens (tertiary/aromatic N) is 1. The van der Waals surface area contributed by atoms with Crippen molar-refractivity contribution in [2.24, 2.45) is 0 Å². The van der Waals surface area contributed by atoms with Gasteiger partial charge in [0.1, 0.15) is 0 Å². The minimum absolute atomic E-state index is 0.217. The molecule has 0 aliphatic carbocycles. The Bertz CT molecular complexity index is 682. The summed E-state index contributed by atoms with van der Waals surface area (Å²) in [6.07, 6.45) is 4.14. The number of hydrogen-bond acceptors (Lipinski definition) is 3. The van der Waals surface area contributed by atoms with Crippen LogP contribution < -0.4 is 10.6 Å². The molecule has 1 aromatic carbocycles. The summed E-state index contributed by atoms with van der Waals surface area (Å²) < 4.78 is 1.78. The number of halogens is 1. The van der Waals surface area contributed by atoms with Crippen molar-refractivity contribution in [3.63, 3.8) is 0 Å². The Labute approximate surface area is 139 Å². The number of carbonyl (C=O) groups excluding carboxylic acids is 2. The lowest BCUT2D eigenvalue weighted by atomic mass is 10.2. The zero-order valence-corrected chi connectivity index (χ0v) is 13.4. The monoisotopic (exact) mass is 335 g/mol. The Morgan fingerprint density at radius 1 is 1.26 bits per heavy atom. The molecule has 3 N–H and O–H groups in total. The highest BCUT2D eigenvalue weighted by molar-refractivity contribution is 6.40. The van der Waals surface area contributed by atoms with Crippen molar-refractivity contribution in [3.05, 3.63) is 47.7 Å². The molecule has 2 amide bonds. The van der Waals surface area contributed by atoms with E-state index in [0.29, 0.717) is 22.8 Å². The highest BCUT2D eigenvalue weighted by atomic mass is 35.5. The van der Waals surface area contributed by atoms with Crippen LogP contribution in [-0.4, -0.2) is 34.1 Å². The minimum atomic E-state index is -0.798. The van der Waals surface area contributed by atoms with Crippen LogP contribution in [0.5, 0.6) is 0 Å². The topological polar surface area (TPSA) is 83.4 Å². The van der Waals surface area contributed by atoms with Gasteiger partial charge in [-0.25, -0.2) is 0 Å². The molecular formula is C16H18ClN3O3. The van der Waals surface area contributed by atoms with E-state index in [-0.39, 0.29) is 6.61 Å². The molecule has 0 saturated heterocycles. The molecule has 0 aliphatic rings. The maximum Gasteiger partial charge on any atom is 0.313 e. The number of benzene rings is 1. The number of carbonyl (C=O) groups is 2. The summed E-state index contributed by atoms with van der Waals surface area (Å²) in [6.45, 7) is 1.59. The summed E-state index contributed by atoms with van der Waals surface area (Å²) in [5, 5.41) is 14.6. The van der Waals surface area contributed by atoms with Gasteiger partial charge in [-0.15, -0.1) is 0 Å². The van der Waals surface area contributed by atoms with Crippen LogP contribution in [0.2, 0.25) is 5.02 Å². The van der Waals surface area contributed by atoms with Crippen LogP contribution in [0.1, 0.15) is 13.3 Å². The summed E-state index contributed by atoms with van der Waals surface area (Å²) in [6, 6.07) is 8.19. The van der Waals surface area contributed by atoms with Gasteiger partial charge in [0, 0.05) is 17.4 Å². The molecule has 1 heterocycles. The number of aliphatic hydroxyl groups is 1. The van der Waals surface area contributed by atoms with E-state index < -0.39 is 17.9 Å². The van der Waals surface area contributed by atoms with Gasteiger partial charge >= 0.3 is 11.8 Å². The van der Waals surface area contributed by atoms with E-state index in [1.807, 2.05) is 19.1 Å². The van der Waals surface area contributed by atoms with E-state index in [1.54, 1.807) is 35.2 Å². The van der Waals surface area contributed by atoms with Crippen LogP contribution in [0.4, 0.5) is 5.69 Å². The van der Waals surface area contributed by atoms with E-state index >= 15 is 0 Å². The van der Waals surface area contributed by atoms with Crippen molar-refractivity contribution < 1.29 is 14.7 Å². The third-order valence-corrected chi connectivity index (χ3v) is 3.58. The number of amides is 2. The molecule has 2 aromatic rings. The number of anilines is 1. The molecule has 6 nitrogen and oxygen atoms in total. The predicted octanol–water partition coefficient (Wildman–Crippen LogP) is 1.96. The summed E-state index contributed by atoms with van der Waals surface area (Å²) in [5.41, 5.74) is 1.11. The highest BCUT2D eigenvalue weighted by Crippen LogP contribution is 2.24. The normalized spacial score (nSPS) is 11.8. The van der Waals surface area contributed by atoms with Crippen LogP contribution in [0.25, 0.3) is 5.69 Å². The molecule has 0 bridgehead atoms. The number of aliphatic hydroxyl groups excluding tert-OH is 1. The Morgan fingerprint density at radius 3 is 2.57 bits per heavy atom. The Kier molecular flexibility index (Phi) is 5.78. The first-order valence-electron chi connectivity index (χ1n) is 7.20. The van der Waals surface area contributed by atoms with Crippen molar-refractivity contribution in [3.8, 4) is 5.69 Å². The molecule has 23 heavy (non-hydrogen) atoms. The fraction of sp³-hybridized carbons (Fsp3) is 0.250. The van der Waals surface area contributed by atoms with E-state index in [2.05, 4.69) is 10.6 Å². The first kappa shape index (κ1) is 17.1. The number of nitrogens with one attached hydrogen (secondary N) is 2. The van der Waals surface area contributed by atoms with Gasteiger partial charge < -0.3 is 20.3 Å². The van der Waals surface area contributed by atoms with Gasteiger partial charge in [-0.3, -0.25) is 9.59 Å². The molecule has 0 fully saturated rings. The van der Waals surface area contributed by atoms with Gasteiger partial charge in [-0.2, -0.15) is 0 Å². The van der Waals surface area contributed by atoms with Crippen molar-refractivity contribution in [1.29, 1.82) is 0 Å². The number of aromatic nitrogens is 1. The van der Waals surface area contributed by atoms with Gasteiger partial charge in [-0.05, 0) is 36.8 Å². The van der Waals surface area contributed by atoms with E-state index in [4.69, 9.17) is 16.7 Å². The summed E-state index contributed by atoms with van der Waals surface area (Å²) in [5.74, 6) is -1.59. The van der Waals surface area contributed by atoms with Gasteiger partial charge in [0.05, 0.1) is 24.0 Å². The molecule has 2 rings (SSSR count). The standard InChI is InChI=1S/C16H18ClN3O3/c1-2-12(10-21)18-15(22)16(23)19-13-6-5-11(17)9-14(13)20-7-3-4-8-20/h3-9,12,21H,2,10H2,1H3,(H,18,22)(H,19,23). The van der Waals surface area contributed by atoms with Gasteiger partial charge in [-0.1, -0.05) is 18.5 Å². The molecule has 1 atom stereocenters. The minimum Gasteiger partial charge on any atom is -0.394 e. The third-order valence-electron chi connectivity index (χ3n) is 3.35. The molecular weight excluding hydrogens is 318 g/mol. The van der Waals surface area contributed by atoms with Crippen molar-refractivity contribution in [2.75, 3.05) is 11.9 Å². The highest BCUT2D eigenvalue weighted by Gasteiger charge is 2.18. The Hall–Kier alpha value is -2.31. The molecule has 1 unspecified atom stereocenters. The summed E-state index contributed by atoms with van der Waals surface area (Å²) in [4.78, 5) is 23.9. The van der Waals surface area contributed by atoms with Crippen LogP contribution in [0.3, 0.4) is 0 Å². The number of rotatable bonds is 5. The quantitative estimate of drug-likeness (QED) is 0.730. The van der Waals surface area contributed by atoms with E-state index in [9.17, 15) is 9.59 Å². The molecule has 122 valence electrons. The lowest BCUT2D eigenvalue weighted by molar-refractivity contribution is -0.136. The second-order valence-electron chi connectivity index (χ2n) is 4.97. The van der Waals surface area contributed by atoms with Gasteiger partial charge in [0.25, 0.3) is 0 Å². The Balaban J connectivity index is 2.17. The fourth-order valence-corrected chi connectivity index (χ4v) is 2.19. The van der Waals surface area contributed by atoms with Crippen molar-refractivity contribution in [1.82, 2.24) is 9.88 Å². The summed E-state index contributed by atoms with van der Waals surface area (Å²) >= 11 is 6.01. The average molecular weight is 336 g/mol. The van der Waals surface area contributed by atoms with E-state index in [0.717, 1.165) is 0 Å². The molecule has 0 saturated carbocycles. The van der Waals surface area contributed by atoms with Crippen molar-refractivity contribution in [2.45, 2.75) is 19.4 Å². The lowest BCUT2D eigenvalue weighted by Gasteiger charge is -2.15. The van der Waals surface area contributed by atoms with Gasteiger partial charge in [0.2, 0.25) is 0 Å². The van der Waals surface area contributed by atoms with Gasteiger partial charge in [0.15, 0.2) is 0 Å². The number of hydrogen-bond donors (Lipinski definition) is 3. The third kappa shape index (κ3) is 4.34. The molecule has 0 aliphatic heterocycles. The summed E-state index contributed by atoms with van der Waals surface area (Å²) in [7, 11) is 0. The molecule has 0 radical (unpaired) electrons. The van der Waals surface area contributed by atoms with Crippen LogP contribution >= 0.6 is 11.6 Å². The van der Waals surface area contributed by atoms with E-state index in [1.165, 1.54) is 0 Å². The molecule has 1 aromatic heterocycles. The largest absolute Gasteiger partial charge is 0.394 e. The predicted molar refractivity (Wildman–Crippen MR) is 88.7 cm³/mol. The van der Waals surface area contributed by atoms with Crippen LogP contribution in [0, 0.1) is 0 Å².